The number of halogens is 7. The summed E-state index contributed by atoms with van der Waals surface area (Å²) in [4.78, 5) is 7.46. The number of hydrogen-bond acceptors (Lipinski definition) is 7. The molecule has 0 saturated carbocycles. The van der Waals surface area contributed by atoms with E-state index in [-0.39, 0.29) is 15.1 Å². The molecule has 0 saturated heterocycles. The second-order valence-corrected chi connectivity index (χ2v) is 12.1. The van der Waals surface area contributed by atoms with Gasteiger partial charge in [0.25, 0.3) is 0 Å². The summed E-state index contributed by atoms with van der Waals surface area (Å²) < 4.78 is 84.8. The van der Waals surface area contributed by atoms with Crippen molar-refractivity contribution in [2.45, 2.75) is 28.4 Å². The molecule has 0 radical (unpaired) electrons. The first kappa shape index (κ1) is 27.3. The van der Waals surface area contributed by atoms with Crippen molar-refractivity contribution in [3.63, 3.8) is 0 Å². The Morgan fingerprint density at radius 2 is 1.60 bits per heavy atom. The molecule has 168 valence electrons. The van der Waals surface area contributed by atoms with Crippen LogP contribution in [-0.4, -0.2) is 29.9 Å². The fourth-order valence-electron chi connectivity index (χ4n) is 1.50. The molecule has 2 aromatic heterocycles. The summed E-state index contributed by atoms with van der Waals surface area (Å²) in [7, 11) is -3.85. The van der Waals surface area contributed by atoms with Crippen LogP contribution in [0.1, 0.15) is 19.8 Å². The highest BCUT2D eigenvalue weighted by atomic mass is 35.5. The van der Waals surface area contributed by atoms with Crippen LogP contribution >= 0.6 is 57.6 Å². The molecule has 15 heteroatoms. The molecule has 0 aromatic carbocycles. The van der Waals surface area contributed by atoms with E-state index in [9.17, 15) is 30.4 Å². The molecule has 30 heavy (non-hydrogen) atoms. The van der Waals surface area contributed by atoms with Crippen LogP contribution in [0.4, 0.5) is 22.0 Å². The van der Waals surface area contributed by atoms with E-state index in [2.05, 4.69) is 9.97 Å². The van der Waals surface area contributed by atoms with E-state index in [0.29, 0.717) is 21.4 Å². The molecule has 0 amide bonds. The lowest BCUT2D eigenvalue weighted by Gasteiger charge is -1.98. The SMILES string of the molecule is C/C(F)=C(/F)CCSc1ncc(Cl)s1.O=S(=O)(CCC(F)=C(F)F)c1ncc(Cl)s1. The molecule has 2 rings (SSSR count). The van der Waals surface area contributed by atoms with Crippen LogP contribution in [0.5, 0.6) is 0 Å². The van der Waals surface area contributed by atoms with Gasteiger partial charge in [-0.3, -0.25) is 0 Å². The number of aromatic nitrogens is 2. The lowest BCUT2D eigenvalue weighted by Crippen LogP contribution is -2.06. The Labute approximate surface area is 191 Å². The summed E-state index contributed by atoms with van der Waals surface area (Å²) in [5.74, 6) is -3.47. The molecule has 0 aliphatic heterocycles. The van der Waals surface area contributed by atoms with Gasteiger partial charge in [-0.05, 0) is 6.92 Å². The average molecular weight is 547 g/mol. The predicted molar refractivity (Wildman–Crippen MR) is 112 cm³/mol. The van der Waals surface area contributed by atoms with Crippen molar-refractivity contribution in [1.82, 2.24) is 9.97 Å². The summed E-state index contributed by atoms with van der Waals surface area (Å²) in [5, 5.41) is 0. The van der Waals surface area contributed by atoms with Crippen LogP contribution in [0.15, 0.2) is 44.6 Å². The Kier molecular flexibility index (Phi) is 11.8. The number of hydrogen-bond donors (Lipinski definition) is 0. The van der Waals surface area contributed by atoms with Crippen LogP contribution in [0.2, 0.25) is 8.67 Å². The van der Waals surface area contributed by atoms with E-state index in [4.69, 9.17) is 23.2 Å². The molecule has 0 aliphatic rings. The zero-order valence-corrected chi connectivity index (χ0v) is 19.8. The van der Waals surface area contributed by atoms with Gasteiger partial charge in [-0.2, -0.15) is 8.78 Å². The van der Waals surface area contributed by atoms with Crippen molar-refractivity contribution in [3.8, 4) is 0 Å². The highest BCUT2D eigenvalue weighted by Gasteiger charge is 2.20. The van der Waals surface area contributed by atoms with Crippen molar-refractivity contribution in [2.24, 2.45) is 0 Å². The van der Waals surface area contributed by atoms with Crippen molar-refractivity contribution >= 4 is 67.5 Å². The molecular formula is C15H13Cl2F5N2O2S4. The maximum atomic E-state index is 12.7. The van der Waals surface area contributed by atoms with E-state index in [1.165, 1.54) is 23.1 Å². The third kappa shape index (κ3) is 10.1. The Bertz CT molecular complexity index is 1000. The van der Waals surface area contributed by atoms with Gasteiger partial charge in [0.1, 0.15) is 20.3 Å². The molecule has 4 nitrogen and oxygen atoms in total. The van der Waals surface area contributed by atoms with Crippen molar-refractivity contribution in [2.75, 3.05) is 11.5 Å². The minimum Gasteiger partial charge on any atom is -0.237 e. The molecule has 0 fully saturated rings. The Balaban J connectivity index is 0.000000303. The normalized spacial score (nSPS) is 12.1. The highest BCUT2D eigenvalue weighted by molar-refractivity contribution is 8.01. The molecule has 2 heterocycles. The lowest BCUT2D eigenvalue weighted by molar-refractivity contribution is 0.373. The second-order valence-electron chi connectivity index (χ2n) is 5.13. The second kappa shape index (κ2) is 13.0. The lowest BCUT2D eigenvalue weighted by atomic mass is 10.4. The summed E-state index contributed by atoms with van der Waals surface area (Å²) in [5.41, 5.74) is 0. The van der Waals surface area contributed by atoms with Gasteiger partial charge >= 0.3 is 6.08 Å². The number of nitrogens with zero attached hydrogens (tertiary/aromatic N) is 2. The Morgan fingerprint density at radius 3 is 2.07 bits per heavy atom. The summed E-state index contributed by atoms with van der Waals surface area (Å²) in [6.07, 6.45) is -0.624. The molecule has 0 N–H and O–H groups in total. The first-order chi connectivity index (χ1) is 13.9. The molecule has 0 bridgehead atoms. The number of sulfone groups is 1. The predicted octanol–water partition coefficient (Wildman–Crippen LogP) is 7.49. The number of rotatable bonds is 8. The quantitative estimate of drug-likeness (QED) is 0.253. The third-order valence-corrected chi connectivity index (χ3v) is 8.47. The largest absolute Gasteiger partial charge is 0.301 e. The van der Waals surface area contributed by atoms with Gasteiger partial charge < -0.3 is 0 Å². The van der Waals surface area contributed by atoms with Crippen molar-refractivity contribution < 1.29 is 30.4 Å². The van der Waals surface area contributed by atoms with Gasteiger partial charge in [0.2, 0.25) is 14.2 Å². The first-order valence-electron chi connectivity index (χ1n) is 7.71. The number of thiazole rings is 2. The zero-order valence-electron chi connectivity index (χ0n) is 15.0. The first-order valence-corrected chi connectivity index (χ1v) is 12.7. The molecule has 0 aliphatic carbocycles. The van der Waals surface area contributed by atoms with E-state index in [0.717, 1.165) is 17.5 Å². The van der Waals surface area contributed by atoms with Crippen LogP contribution in [0, 0.1) is 0 Å². The van der Waals surface area contributed by atoms with E-state index in [1.54, 1.807) is 6.20 Å². The zero-order chi connectivity index (χ0) is 22.9. The molecule has 0 spiro atoms. The third-order valence-electron chi connectivity index (χ3n) is 2.89. The minimum atomic E-state index is -3.85. The van der Waals surface area contributed by atoms with Gasteiger partial charge in [0.05, 0.1) is 18.1 Å². The smallest absolute Gasteiger partial charge is 0.237 e. The maximum Gasteiger partial charge on any atom is 0.301 e. The van der Waals surface area contributed by atoms with Gasteiger partial charge in [-0.1, -0.05) is 57.6 Å². The molecule has 2 aromatic rings. The van der Waals surface area contributed by atoms with Gasteiger partial charge in [-0.15, -0.1) is 0 Å². The number of allylic oxidation sites excluding steroid dienone is 3. The van der Waals surface area contributed by atoms with Crippen molar-refractivity contribution in [1.29, 1.82) is 0 Å². The van der Waals surface area contributed by atoms with Crippen LogP contribution < -0.4 is 0 Å². The molecule has 0 unspecified atom stereocenters. The maximum absolute atomic E-state index is 12.7. The number of thioether (sulfide) groups is 1. The Morgan fingerprint density at radius 1 is 1.00 bits per heavy atom. The summed E-state index contributed by atoms with van der Waals surface area (Å²) >= 11 is 14.5. The van der Waals surface area contributed by atoms with E-state index in [1.807, 2.05) is 0 Å². The van der Waals surface area contributed by atoms with Crippen molar-refractivity contribution in [3.05, 3.63) is 44.6 Å². The van der Waals surface area contributed by atoms with Crippen LogP contribution in [0.25, 0.3) is 0 Å². The fraction of sp³-hybridized carbons (Fsp3) is 0.333. The van der Waals surface area contributed by atoms with Crippen LogP contribution in [-0.2, 0) is 9.84 Å². The van der Waals surface area contributed by atoms with Gasteiger partial charge in [0, 0.05) is 18.6 Å². The summed E-state index contributed by atoms with van der Waals surface area (Å²) in [6.45, 7) is 1.11. The van der Waals surface area contributed by atoms with Gasteiger partial charge in [0.15, 0.2) is 10.2 Å². The van der Waals surface area contributed by atoms with Gasteiger partial charge in [-0.25, -0.2) is 31.6 Å². The van der Waals surface area contributed by atoms with E-state index >= 15 is 0 Å². The monoisotopic (exact) mass is 546 g/mol. The summed E-state index contributed by atoms with van der Waals surface area (Å²) in [6, 6.07) is 0. The minimum absolute atomic E-state index is 0.0875. The van der Waals surface area contributed by atoms with E-state index < -0.39 is 45.6 Å². The fourth-order valence-corrected chi connectivity index (χ4v) is 6.26. The standard InChI is InChI=1S/C8H8ClF2NS2.C7H5ClF3NO2S2/c1-5(10)6(11)2-3-13-8-12-4-7(9)14-8;8-5-3-12-7(15-5)16(13,14)2-1-4(9)6(10)11/h4H,2-3H2,1H3;3H,1-2H2/b6-5-;. The Hall–Kier alpha value is -0.730. The highest BCUT2D eigenvalue weighted by Crippen LogP contribution is 2.29. The average Bonchev–Trinajstić information content (AvgIpc) is 3.28. The molecule has 0 atom stereocenters. The topological polar surface area (TPSA) is 59.9 Å². The van der Waals surface area contributed by atoms with Crippen LogP contribution in [0.3, 0.4) is 0 Å². The molecular weight excluding hydrogens is 534 g/mol.